The Bertz CT molecular complexity index is 535. The molecule has 2 rings (SSSR count). The van der Waals surface area contributed by atoms with E-state index in [4.69, 9.17) is 11.6 Å². The summed E-state index contributed by atoms with van der Waals surface area (Å²) >= 11 is 5.92. The number of nitrogens with zero attached hydrogens (tertiary/aromatic N) is 2. The standard InChI is InChI=1S/C17H24ClN3O2/c1-20(2)9-10-21(12-13-3-6-15(18)7-4-13)17(23)14-5-8-16(22)19-11-14/h3-4,6-7,14H,5,8-12H2,1-2H3,(H,19,22)/t14-/m1/s1. The van der Waals surface area contributed by atoms with E-state index in [0.29, 0.717) is 37.5 Å². The topological polar surface area (TPSA) is 52.7 Å². The zero-order valence-corrected chi connectivity index (χ0v) is 14.5. The Kier molecular flexibility index (Phi) is 6.42. The number of benzene rings is 1. The molecule has 0 radical (unpaired) electrons. The third-order valence-electron chi connectivity index (χ3n) is 4.03. The summed E-state index contributed by atoms with van der Waals surface area (Å²) in [6, 6.07) is 7.57. The van der Waals surface area contributed by atoms with Crippen LogP contribution in [0.1, 0.15) is 18.4 Å². The highest BCUT2D eigenvalue weighted by Crippen LogP contribution is 2.17. The second kappa shape index (κ2) is 8.31. The molecule has 6 heteroatoms. The van der Waals surface area contributed by atoms with E-state index in [1.54, 1.807) is 0 Å². The maximum absolute atomic E-state index is 12.8. The fraction of sp³-hybridized carbons (Fsp3) is 0.529. The molecule has 0 aromatic heterocycles. The summed E-state index contributed by atoms with van der Waals surface area (Å²) in [5.41, 5.74) is 1.06. The van der Waals surface area contributed by atoms with E-state index in [2.05, 4.69) is 10.2 Å². The van der Waals surface area contributed by atoms with E-state index in [-0.39, 0.29) is 17.7 Å². The Balaban J connectivity index is 2.04. The summed E-state index contributed by atoms with van der Waals surface area (Å²) in [4.78, 5) is 28.0. The van der Waals surface area contributed by atoms with E-state index in [9.17, 15) is 9.59 Å². The molecule has 5 nitrogen and oxygen atoms in total. The molecule has 1 aliphatic rings. The third kappa shape index (κ3) is 5.52. The maximum Gasteiger partial charge on any atom is 0.227 e. The lowest BCUT2D eigenvalue weighted by atomic mass is 9.97. The zero-order chi connectivity index (χ0) is 16.8. The fourth-order valence-corrected chi connectivity index (χ4v) is 2.73. The predicted molar refractivity (Wildman–Crippen MR) is 91.2 cm³/mol. The molecule has 1 saturated heterocycles. The molecule has 2 amide bonds. The van der Waals surface area contributed by atoms with Gasteiger partial charge in [-0.3, -0.25) is 9.59 Å². The molecule has 0 aliphatic carbocycles. The Hall–Kier alpha value is -1.59. The Morgan fingerprint density at radius 1 is 1.26 bits per heavy atom. The maximum atomic E-state index is 12.8. The quantitative estimate of drug-likeness (QED) is 0.860. The SMILES string of the molecule is CN(C)CCN(Cc1ccc(Cl)cc1)C(=O)[C@@H]1CCC(=O)NC1. The summed E-state index contributed by atoms with van der Waals surface area (Å²) in [6.45, 7) is 2.47. The minimum absolute atomic E-state index is 0.0339. The summed E-state index contributed by atoms with van der Waals surface area (Å²) in [6.07, 6.45) is 1.06. The van der Waals surface area contributed by atoms with E-state index in [1.165, 1.54) is 0 Å². The first-order chi connectivity index (χ1) is 11.0. The van der Waals surface area contributed by atoms with Crippen molar-refractivity contribution in [2.45, 2.75) is 19.4 Å². The van der Waals surface area contributed by atoms with Gasteiger partial charge in [0.1, 0.15) is 0 Å². The Morgan fingerprint density at radius 3 is 2.52 bits per heavy atom. The number of carbonyl (C=O) groups is 2. The average molecular weight is 338 g/mol. The first-order valence-corrected chi connectivity index (χ1v) is 8.28. The molecular weight excluding hydrogens is 314 g/mol. The van der Waals surface area contributed by atoms with Gasteiger partial charge in [0.15, 0.2) is 0 Å². The molecule has 1 aromatic carbocycles. The number of carbonyl (C=O) groups excluding carboxylic acids is 2. The van der Waals surface area contributed by atoms with Crippen molar-refractivity contribution in [3.8, 4) is 0 Å². The molecule has 1 N–H and O–H groups in total. The molecule has 1 aliphatic heterocycles. The number of piperidine rings is 1. The van der Waals surface area contributed by atoms with Crippen molar-refractivity contribution >= 4 is 23.4 Å². The van der Waals surface area contributed by atoms with Crippen LogP contribution < -0.4 is 5.32 Å². The van der Waals surface area contributed by atoms with Crippen molar-refractivity contribution in [2.24, 2.45) is 5.92 Å². The van der Waals surface area contributed by atoms with Crippen LogP contribution in [0.2, 0.25) is 5.02 Å². The molecule has 0 bridgehead atoms. The van der Waals surface area contributed by atoms with Crippen LogP contribution in [0.5, 0.6) is 0 Å². The molecule has 0 unspecified atom stereocenters. The number of rotatable bonds is 6. The summed E-state index contributed by atoms with van der Waals surface area (Å²) < 4.78 is 0. The molecule has 0 spiro atoms. The van der Waals surface area contributed by atoms with Crippen molar-refractivity contribution in [2.75, 3.05) is 33.7 Å². The van der Waals surface area contributed by atoms with Crippen LogP contribution in [-0.4, -0.2) is 55.3 Å². The monoisotopic (exact) mass is 337 g/mol. The Morgan fingerprint density at radius 2 is 1.96 bits per heavy atom. The van der Waals surface area contributed by atoms with Crippen molar-refractivity contribution in [1.82, 2.24) is 15.1 Å². The van der Waals surface area contributed by atoms with Crippen molar-refractivity contribution in [1.29, 1.82) is 0 Å². The van der Waals surface area contributed by atoms with Crippen LogP contribution >= 0.6 is 11.6 Å². The zero-order valence-electron chi connectivity index (χ0n) is 13.7. The van der Waals surface area contributed by atoms with Gasteiger partial charge in [0, 0.05) is 37.6 Å². The lowest BCUT2D eigenvalue weighted by molar-refractivity contribution is -0.138. The lowest BCUT2D eigenvalue weighted by Crippen LogP contribution is -2.46. The molecular formula is C17H24ClN3O2. The van der Waals surface area contributed by atoms with Gasteiger partial charge in [0.2, 0.25) is 11.8 Å². The Labute approximate surface area is 142 Å². The van der Waals surface area contributed by atoms with Crippen LogP contribution in [0.25, 0.3) is 0 Å². The number of nitrogens with one attached hydrogen (secondary N) is 1. The van der Waals surface area contributed by atoms with E-state index in [1.807, 2.05) is 43.3 Å². The minimum atomic E-state index is -0.123. The highest BCUT2D eigenvalue weighted by atomic mass is 35.5. The number of likely N-dealkylation sites (N-methyl/N-ethyl adjacent to an activating group) is 1. The first kappa shape index (κ1) is 17.8. The van der Waals surface area contributed by atoms with Gasteiger partial charge in [-0.05, 0) is 38.2 Å². The summed E-state index contributed by atoms with van der Waals surface area (Å²) in [5.74, 6) is 0.0237. The molecule has 23 heavy (non-hydrogen) atoms. The highest BCUT2D eigenvalue weighted by Gasteiger charge is 2.28. The average Bonchev–Trinajstić information content (AvgIpc) is 2.53. The van der Waals surface area contributed by atoms with E-state index < -0.39 is 0 Å². The molecule has 126 valence electrons. The van der Waals surface area contributed by atoms with Gasteiger partial charge >= 0.3 is 0 Å². The fourth-order valence-electron chi connectivity index (χ4n) is 2.60. The van der Waals surface area contributed by atoms with Gasteiger partial charge in [-0.1, -0.05) is 23.7 Å². The van der Waals surface area contributed by atoms with Crippen molar-refractivity contribution < 1.29 is 9.59 Å². The normalized spacial score (nSPS) is 17.9. The number of halogens is 1. The van der Waals surface area contributed by atoms with Gasteiger partial charge in [-0.2, -0.15) is 0 Å². The van der Waals surface area contributed by atoms with Crippen LogP contribution in [0.15, 0.2) is 24.3 Å². The van der Waals surface area contributed by atoms with Gasteiger partial charge in [-0.25, -0.2) is 0 Å². The van der Waals surface area contributed by atoms with Crippen LogP contribution in [0.4, 0.5) is 0 Å². The molecule has 1 aromatic rings. The van der Waals surface area contributed by atoms with E-state index >= 15 is 0 Å². The van der Waals surface area contributed by atoms with Crippen LogP contribution in [0.3, 0.4) is 0 Å². The second-order valence-electron chi connectivity index (χ2n) is 6.23. The van der Waals surface area contributed by atoms with Crippen LogP contribution in [0, 0.1) is 5.92 Å². The predicted octanol–water partition coefficient (Wildman–Crippen LogP) is 1.76. The molecule has 1 atom stereocenters. The largest absolute Gasteiger partial charge is 0.355 e. The minimum Gasteiger partial charge on any atom is -0.355 e. The van der Waals surface area contributed by atoms with Gasteiger partial charge in [0.05, 0.1) is 5.92 Å². The molecule has 1 fully saturated rings. The number of amides is 2. The second-order valence-corrected chi connectivity index (χ2v) is 6.67. The third-order valence-corrected chi connectivity index (χ3v) is 4.28. The first-order valence-electron chi connectivity index (χ1n) is 7.90. The number of hydrogen-bond donors (Lipinski definition) is 1. The van der Waals surface area contributed by atoms with Crippen LogP contribution in [-0.2, 0) is 16.1 Å². The van der Waals surface area contributed by atoms with Crippen molar-refractivity contribution in [3.05, 3.63) is 34.9 Å². The molecule has 1 heterocycles. The van der Waals surface area contributed by atoms with Gasteiger partial charge < -0.3 is 15.1 Å². The van der Waals surface area contributed by atoms with Gasteiger partial charge in [-0.15, -0.1) is 0 Å². The van der Waals surface area contributed by atoms with E-state index in [0.717, 1.165) is 12.1 Å². The smallest absolute Gasteiger partial charge is 0.227 e. The summed E-state index contributed by atoms with van der Waals surface area (Å²) in [5, 5.41) is 3.48. The summed E-state index contributed by atoms with van der Waals surface area (Å²) in [7, 11) is 3.98. The van der Waals surface area contributed by atoms with Gasteiger partial charge in [0.25, 0.3) is 0 Å². The number of hydrogen-bond acceptors (Lipinski definition) is 3. The lowest BCUT2D eigenvalue weighted by Gasteiger charge is -2.30. The highest BCUT2D eigenvalue weighted by molar-refractivity contribution is 6.30. The molecule has 0 saturated carbocycles. The van der Waals surface area contributed by atoms with Crippen molar-refractivity contribution in [3.63, 3.8) is 0 Å².